The third-order valence-corrected chi connectivity index (χ3v) is 3.00. The van der Waals surface area contributed by atoms with Gasteiger partial charge in [0.05, 0.1) is 5.69 Å². The molecule has 1 aromatic heterocycles. The lowest BCUT2D eigenvalue weighted by atomic mass is 10.2. The summed E-state index contributed by atoms with van der Waals surface area (Å²) < 4.78 is 5.39. The van der Waals surface area contributed by atoms with Gasteiger partial charge in [-0.25, -0.2) is 9.78 Å². The van der Waals surface area contributed by atoms with E-state index in [1.165, 1.54) is 4.90 Å². The average molecular weight is 316 g/mol. The predicted octanol–water partition coefficient (Wildman–Crippen LogP) is 3.56. The average Bonchev–Trinajstić information content (AvgIpc) is 2.72. The first kappa shape index (κ1) is 16.9. The number of nitrogens with one attached hydrogen (secondary N) is 1. The zero-order valence-electron chi connectivity index (χ0n) is 14.1. The molecule has 0 radical (unpaired) electrons. The van der Waals surface area contributed by atoms with Crippen molar-refractivity contribution in [1.82, 2.24) is 9.88 Å². The normalized spacial score (nSPS) is 14.6. The first-order chi connectivity index (χ1) is 10.9. The number of ether oxygens (including phenoxy) is 1. The maximum atomic E-state index is 12.2. The maximum Gasteiger partial charge on any atom is 0.414 e. The van der Waals surface area contributed by atoms with Crippen LogP contribution in [0.5, 0.6) is 0 Å². The fourth-order valence-corrected chi connectivity index (χ4v) is 2.07. The molecule has 0 fully saturated rings. The first-order valence-corrected chi connectivity index (χ1v) is 7.72. The molecule has 2 heterocycles. The second-order valence-corrected chi connectivity index (χ2v) is 6.13. The molecule has 124 valence electrons. The van der Waals surface area contributed by atoms with E-state index >= 15 is 0 Å². The third kappa shape index (κ3) is 4.74. The fourth-order valence-electron chi connectivity index (χ4n) is 2.07. The van der Waals surface area contributed by atoms with Crippen molar-refractivity contribution in [3.05, 3.63) is 43.0 Å². The molecule has 0 aromatic carbocycles. The quantitative estimate of drug-likeness (QED) is 0.924. The van der Waals surface area contributed by atoms with E-state index in [0.29, 0.717) is 6.54 Å². The highest BCUT2D eigenvalue weighted by Gasteiger charge is 2.21. The second-order valence-electron chi connectivity index (χ2n) is 6.13. The van der Waals surface area contributed by atoms with Crippen LogP contribution in [0.3, 0.4) is 0 Å². The van der Waals surface area contributed by atoms with E-state index in [0.717, 1.165) is 18.1 Å². The summed E-state index contributed by atoms with van der Waals surface area (Å²) >= 11 is 0. The van der Waals surface area contributed by atoms with Gasteiger partial charge in [-0.15, -0.1) is 0 Å². The van der Waals surface area contributed by atoms with Crippen LogP contribution in [0, 0.1) is 0 Å². The van der Waals surface area contributed by atoms with Gasteiger partial charge in [0.15, 0.2) is 5.82 Å². The molecule has 2 rings (SSSR count). The highest BCUT2D eigenvalue weighted by atomic mass is 16.6. The molecule has 6 nitrogen and oxygen atoms in total. The van der Waals surface area contributed by atoms with Crippen molar-refractivity contribution >= 4 is 17.6 Å². The summed E-state index contributed by atoms with van der Waals surface area (Å²) in [5.74, 6) is 0.785. The Morgan fingerprint density at radius 1 is 1.35 bits per heavy atom. The molecule has 0 saturated carbocycles. The topological polar surface area (TPSA) is 57.7 Å². The van der Waals surface area contributed by atoms with Crippen molar-refractivity contribution in [2.45, 2.75) is 33.3 Å². The minimum Gasteiger partial charge on any atom is -0.443 e. The number of pyridine rings is 1. The van der Waals surface area contributed by atoms with Gasteiger partial charge >= 0.3 is 6.09 Å². The lowest BCUT2D eigenvalue weighted by molar-refractivity contribution is 0.0352. The fraction of sp³-hybridized carbons (Fsp3) is 0.412. The Bertz CT molecular complexity index is 605. The van der Waals surface area contributed by atoms with Gasteiger partial charge in [0, 0.05) is 37.9 Å². The van der Waals surface area contributed by atoms with E-state index in [9.17, 15) is 4.79 Å². The van der Waals surface area contributed by atoms with Crippen LogP contribution in [0.25, 0.3) is 0 Å². The van der Waals surface area contributed by atoms with Crippen molar-refractivity contribution < 1.29 is 9.53 Å². The van der Waals surface area contributed by atoms with Gasteiger partial charge in [0.2, 0.25) is 0 Å². The summed E-state index contributed by atoms with van der Waals surface area (Å²) in [4.78, 5) is 20.0. The predicted molar refractivity (Wildman–Crippen MR) is 92.1 cm³/mol. The molecular weight excluding hydrogens is 292 g/mol. The third-order valence-electron chi connectivity index (χ3n) is 3.00. The summed E-state index contributed by atoms with van der Waals surface area (Å²) in [5.41, 5.74) is 0.426. The molecule has 1 amide bonds. The SMILES string of the molecule is CCNc1cccnc1N1C=CCN(C(=O)OC(C)(C)C)C=C1. The molecule has 1 aliphatic heterocycles. The molecule has 0 spiro atoms. The molecular formula is C17H24N4O2. The van der Waals surface area contributed by atoms with Gasteiger partial charge in [0.1, 0.15) is 5.60 Å². The molecule has 0 bridgehead atoms. The summed E-state index contributed by atoms with van der Waals surface area (Å²) in [6.07, 6.45) is 8.68. The number of anilines is 2. The van der Waals surface area contributed by atoms with Crippen LogP contribution in [0.15, 0.2) is 43.0 Å². The summed E-state index contributed by atoms with van der Waals surface area (Å²) in [7, 11) is 0. The number of carbonyl (C=O) groups excluding carboxylic acids is 1. The standard InChI is InChI=1S/C17H24N4O2/c1-5-18-14-8-6-9-19-15(14)20-10-7-11-21(13-12-20)16(22)23-17(2,3)4/h6-10,12-13,18H,5,11H2,1-4H3. The van der Waals surface area contributed by atoms with Crippen LogP contribution in [-0.2, 0) is 4.74 Å². The number of aromatic nitrogens is 1. The van der Waals surface area contributed by atoms with E-state index in [4.69, 9.17) is 4.74 Å². The van der Waals surface area contributed by atoms with Gasteiger partial charge in [0.25, 0.3) is 0 Å². The Hall–Kier alpha value is -2.50. The lowest BCUT2D eigenvalue weighted by Gasteiger charge is -2.24. The van der Waals surface area contributed by atoms with E-state index in [2.05, 4.69) is 10.3 Å². The minimum absolute atomic E-state index is 0.367. The molecule has 0 unspecified atom stereocenters. The van der Waals surface area contributed by atoms with Crippen LogP contribution in [0.1, 0.15) is 27.7 Å². The molecule has 0 atom stereocenters. The van der Waals surface area contributed by atoms with E-state index in [1.807, 2.05) is 57.0 Å². The Kier molecular flexibility index (Phi) is 5.26. The van der Waals surface area contributed by atoms with Gasteiger partial charge in [-0.1, -0.05) is 0 Å². The Balaban J connectivity index is 2.16. The molecule has 1 aliphatic rings. The number of hydrogen-bond donors (Lipinski definition) is 1. The Morgan fingerprint density at radius 3 is 2.83 bits per heavy atom. The van der Waals surface area contributed by atoms with Crippen LogP contribution in [-0.4, -0.2) is 34.7 Å². The van der Waals surface area contributed by atoms with Crippen molar-refractivity contribution in [2.75, 3.05) is 23.3 Å². The molecule has 0 saturated heterocycles. The van der Waals surface area contributed by atoms with Gasteiger partial charge in [-0.05, 0) is 45.9 Å². The molecule has 1 aromatic rings. The number of amides is 1. The molecule has 1 N–H and O–H groups in total. The van der Waals surface area contributed by atoms with E-state index in [1.54, 1.807) is 18.6 Å². The number of hydrogen-bond acceptors (Lipinski definition) is 5. The van der Waals surface area contributed by atoms with Crippen LogP contribution in [0.4, 0.5) is 16.3 Å². The Labute approximate surface area is 137 Å². The van der Waals surface area contributed by atoms with Crippen LogP contribution in [0.2, 0.25) is 0 Å². The maximum absolute atomic E-state index is 12.2. The van der Waals surface area contributed by atoms with Crippen molar-refractivity contribution in [2.24, 2.45) is 0 Å². The number of rotatable bonds is 3. The highest BCUT2D eigenvalue weighted by molar-refractivity contribution is 5.71. The molecule has 23 heavy (non-hydrogen) atoms. The summed E-state index contributed by atoms with van der Waals surface area (Å²) in [6, 6.07) is 3.86. The van der Waals surface area contributed by atoms with Gasteiger partial charge in [-0.2, -0.15) is 0 Å². The van der Waals surface area contributed by atoms with Gasteiger partial charge in [-0.3, -0.25) is 4.90 Å². The molecule has 6 heteroatoms. The largest absolute Gasteiger partial charge is 0.443 e. The minimum atomic E-state index is -0.514. The van der Waals surface area contributed by atoms with Crippen LogP contribution < -0.4 is 10.2 Å². The van der Waals surface area contributed by atoms with E-state index in [-0.39, 0.29) is 6.09 Å². The van der Waals surface area contributed by atoms with Crippen molar-refractivity contribution in [3.63, 3.8) is 0 Å². The zero-order valence-corrected chi connectivity index (χ0v) is 14.1. The zero-order chi connectivity index (χ0) is 16.9. The lowest BCUT2D eigenvalue weighted by Crippen LogP contribution is -2.33. The first-order valence-electron chi connectivity index (χ1n) is 7.72. The van der Waals surface area contributed by atoms with Crippen molar-refractivity contribution in [3.8, 4) is 0 Å². The second kappa shape index (κ2) is 7.17. The summed E-state index contributed by atoms with van der Waals surface area (Å²) in [5, 5.41) is 3.28. The van der Waals surface area contributed by atoms with Gasteiger partial charge < -0.3 is 15.0 Å². The number of carbonyl (C=O) groups is 1. The monoisotopic (exact) mass is 316 g/mol. The highest BCUT2D eigenvalue weighted by Crippen LogP contribution is 2.24. The Morgan fingerprint density at radius 2 is 2.13 bits per heavy atom. The smallest absolute Gasteiger partial charge is 0.414 e. The number of nitrogens with zero attached hydrogens (tertiary/aromatic N) is 3. The van der Waals surface area contributed by atoms with E-state index < -0.39 is 5.60 Å². The molecule has 0 aliphatic carbocycles. The van der Waals surface area contributed by atoms with Crippen LogP contribution >= 0.6 is 0 Å². The van der Waals surface area contributed by atoms with Crippen molar-refractivity contribution in [1.29, 1.82) is 0 Å². The summed E-state index contributed by atoms with van der Waals surface area (Å²) in [6.45, 7) is 8.85.